The molecule has 1 saturated carbocycles. The molecule has 2 N–H and O–H groups in total. The Labute approximate surface area is 128 Å². The van der Waals surface area contributed by atoms with E-state index in [9.17, 15) is 4.79 Å². The number of hydrogen-bond acceptors (Lipinski definition) is 3. The van der Waals surface area contributed by atoms with E-state index < -0.39 is 0 Å². The SMILES string of the molecule is C=C(/C=C\C(C)=C(/N)N(/C=C/C)C1(C)CCCC1)C(C)=O. The molecule has 0 atom stereocenters. The molecule has 1 rings (SSSR count). The average molecular weight is 288 g/mol. The van der Waals surface area contributed by atoms with Crippen molar-refractivity contribution in [1.29, 1.82) is 0 Å². The second kappa shape index (κ2) is 7.30. The number of carbonyl (C=O) groups excluding carboxylic acids is 1. The van der Waals surface area contributed by atoms with E-state index >= 15 is 0 Å². The van der Waals surface area contributed by atoms with Crippen molar-refractivity contribution in [3.8, 4) is 0 Å². The van der Waals surface area contributed by atoms with Crippen LogP contribution in [0.5, 0.6) is 0 Å². The van der Waals surface area contributed by atoms with Gasteiger partial charge in [0.1, 0.15) is 5.82 Å². The average Bonchev–Trinajstić information content (AvgIpc) is 2.88. The first kappa shape index (κ1) is 17.3. The molecule has 3 nitrogen and oxygen atoms in total. The molecule has 0 heterocycles. The lowest BCUT2D eigenvalue weighted by Crippen LogP contribution is -2.42. The van der Waals surface area contributed by atoms with Crippen LogP contribution in [0.4, 0.5) is 0 Å². The van der Waals surface area contributed by atoms with Gasteiger partial charge in [0, 0.05) is 17.3 Å². The number of allylic oxidation sites excluding steroid dienone is 5. The van der Waals surface area contributed by atoms with E-state index in [0.29, 0.717) is 5.57 Å². The van der Waals surface area contributed by atoms with Crippen LogP contribution in [0.1, 0.15) is 53.4 Å². The minimum atomic E-state index is -0.0225. The Hall–Kier alpha value is -1.77. The fraction of sp³-hybridized carbons (Fsp3) is 0.500. The second-order valence-corrected chi connectivity index (χ2v) is 6.04. The van der Waals surface area contributed by atoms with Crippen molar-refractivity contribution >= 4 is 5.78 Å². The number of rotatable bonds is 6. The Morgan fingerprint density at radius 1 is 1.24 bits per heavy atom. The van der Waals surface area contributed by atoms with Crippen molar-refractivity contribution < 1.29 is 4.79 Å². The van der Waals surface area contributed by atoms with Crippen molar-refractivity contribution in [2.45, 2.75) is 58.9 Å². The van der Waals surface area contributed by atoms with Gasteiger partial charge in [0.05, 0.1) is 0 Å². The van der Waals surface area contributed by atoms with Crippen LogP contribution in [0.15, 0.2) is 48.0 Å². The molecule has 0 bridgehead atoms. The molecule has 3 heteroatoms. The standard InChI is InChI=1S/C18H28N2O/c1-6-13-20(18(5)11-7-8-12-18)17(19)15(3)10-9-14(2)16(4)21/h6,9-10,13H,2,7-8,11-12,19H2,1,3-5H3/b10-9-,13-6+,17-15+. The van der Waals surface area contributed by atoms with Gasteiger partial charge in [0.2, 0.25) is 0 Å². The van der Waals surface area contributed by atoms with Crippen LogP contribution < -0.4 is 5.73 Å². The normalized spacial score (nSPS) is 19.0. The summed E-state index contributed by atoms with van der Waals surface area (Å²) in [6.07, 6.45) is 12.5. The molecule has 0 aromatic rings. The summed E-state index contributed by atoms with van der Waals surface area (Å²) in [5.74, 6) is 0.718. The van der Waals surface area contributed by atoms with E-state index in [-0.39, 0.29) is 11.3 Å². The van der Waals surface area contributed by atoms with Gasteiger partial charge in [-0.1, -0.05) is 37.6 Å². The third-order valence-corrected chi connectivity index (χ3v) is 4.21. The number of nitrogens with two attached hydrogens (primary N) is 1. The van der Waals surface area contributed by atoms with E-state index in [2.05, 4.69) is 24.6 Å². The van der Waals surface area contributed by atoms with Crippen molar-refractivity contribution in [2.75, 3.05) is 0 Å². The highest BCUT2D eigenvalue weighted by molar-refractivity contribution is 5.95. The fourth-order valence-electron chi connectivity index (χ4n) is 2.70. The largest absolute Gasteiger partial charge is 0.385 e. The summed E-state index contributed by atoms with van der Waals surface area (Å²) in [5.41, 5.74) is 7.89. The van der Waals surface area contributed by atoms with Crippen LogP contribution in [-0.4, -0.2) is 16.2 Å². The minimum Gasteiger partial charge on any atom is -0.385 e. The highest BCUT2D eigenvalue weighted by Crippen LogP contribution is 2.37. The first-order chi connectivity index (χ1) is 9.81. The van der Waals surface area contributed by atoms with Gasteiger partial charge in [-0.3, -0.25) is 4.79 Å². The quantitative estimate of drug-likeness (QED) is 0.592. The highest BCUT2D eigenvalue weighted by Gasteiger charge is 2.34. The van der Waals surface area contributed by atoms with Crippen LogP contribution in [0.3, 0.4) is 0 Å². The van der Waals surface area contributed by atoms with Crippen molar-refractivity contribution in [1.82, 2.24) is 4.90 Å². The van der Waals surface area contributed by atoms with Gasteiger partial charge < -0.3 is 10.6 Å². The van der Waals surface area contributed by atoms with Crippen LogP contribution in [0.25, 0.3) is 0 Å². The smallest absolute Gasteiger partial charge is 0.159 e. The first-order valence-electron chi connectivity index (χ1n) is 7.58. The summed E-state index contributed by atoms with van der Waals surface area (Å²) in [6, 6.07) is 0. The van der Waals surface area contributed by atoms with Crippen LogP contribution in [-0.2, 0) is 4.79 Å². The van der Waals surface area contributed by atoms with Gasteiger partial charge in [-0.2, -0.15) is 0 Å². The van der Waals surface area contributed by atoms with E-state index in [1.807, 2.05) is 26.0 Å². The molecule has 0 radical (unpaired) electrons. The topological polar surface area (TPSA) is 46.3 Å². The van der Waals surface area contributed by atoms with Gasteiger partial charge in [0.25, 0.3) is 0 Å². The van der Waals surface area contributed by atoms with Gasteiger partial charge >= 0.3 is 0 Å². The van der Waals surface area contributed by atoms with Gasteiger partial charge in [-0.15, -0.1) is 0 Å². The molecule has 1 aliphatic carbocycles. The maximum atomic E-state index is 11.2. The minimum absolute atomic E-state index is 0.0225. The lowest BCUT2D eigenvalue weighted by Gasteiger charge is -2.38. The second-order valence-electron chi connectivity index (χ2n) is 6.04. The molecule has 1 aliphatic rings. The summed E-state index contributed by atoms with van der Waals surface area (Å²) < 4.78 is 0. The molecule has 116 valence electrons. The Morgan fingerprint density at radius 2 is 1.81 bits per heavy atom. The van der Waals surface area contributed by atoms with Gasteiger partial charge in [-0.05, 0) is 46.1 Å². The third kappa shape index (κ3) is 4.35. The summed E-state index contributed by atoms with van der Waals surface area (Å²) in [5, 5.41) is 0. The number of hydrogen-bond donors (Lipinski definition) is 1. The number of nitrogens with zero attached hydrogens (tertiary/aromatic N) is 1. The molecule has 21 heavy (non-hydrogen) atoms. The summed E-state index contributed by atoms with van der Waals surface area (Å²) >= 11 is 0. The molecular weight excluding hydrogens is 260 g/mol. The molecule has 0 amide bonds. The predicted molar refractivity (Wildman–Crippen MR) is 89.4 cm³/mol. The lowest BCUT2D eigenvalue weighted by atomic mass is 9.97. The summed E-state index contributed by atoms with van der Waals surface area (Å²) in [6.45, 7) is 11.5. The molecule has 0 unspecified atom stereocenters. The Kier molecular flexibility index (Phi) is 6.01. The van der Waals surface area contributed by atoms with E-state index in [0.717, 1.165) is 24.2 Å². The molecule has 0 spiro atoms. The number of ketones is 1. The number of Topliss-reactive ketones (excluding diaryl/α,β-unsaturated/α-hetero) is 1. The monoisotopic (exact) mass is 288 g/mol. The van der Waals surface area contributed by atoms with Crippen molar-refractivity contribution in [2.24, 2.45) is 5.73 Å². The predicted octanol–water partition coefficient (Wildman–Crippen LogP) is 4.05. The summed E-state index contributed by atoms with van der Waals surface area (Å²) in [7, 11) is 0. The number of carbonyl (C=O) groups is 1. The maximum Gasteiger partial charge on any atom is 0.159 e. The molecule has 1 fully saturated rings. The molecular formula is C18H28N2O. The first-order valence-corrected chi connectivity index (χ1v) is 7.58. The molecule has 0 saturated heterocycles. The van der Waals surface area contributed by atoms with E-state index in [4.69, 9.17) is 5.73 Å². The Balaban J connectivity index is 3.03. The Bertz CT molecular complexity index is 491. The lowest BCUT2D eigenvalue weighted by molar-refractivity contribution is -0.113. The van der Waals surface area contributed by atoms with Crippen LogP contribution in [0, 0.1) is 0 Å². The van der Waals surface area contributed by atoms with Gasteiger partial charge in [-0.25, -0.2) is 0 Å². The van der Waals surface area contributed by atoms with Crippen LogP contribution in [0.2, 0.25) is 0 Å². The van der Waals surface area contributed by atoms with Crippen molar-refractivity contribution in [3.63, 3.8) is 0 Å². The van der Waals surface area contributed by atoms with Crippen LogP contribution >= 0.6 is 0 Å². The van der Waals surface area contributed by atoms with E-state index in [1.165, 1.54) is 19.8 Å². The molecule has 0 aliphatic heterocycles. The zero-order chi connectivity index (χ0) is 16.0. The zero-order valence-electron chi connectivity index (χ0n) is 13.8. The van der Waals surface area contributed by atoms with Gasteiger partial charge in [0.15, 0.2) is 5.78 Å². The molecule has 0 aromatic carbocycles. The maximum absolute atomic E-state index is 11.2. The summed E-state index contributed by atoms with van der Waals surface area (Å²) in [4.78, 5) is 13.4. The third-order valence-electron chi connectivity index (χ3n) is 4.21. The fourth-order valence-corrected chi connectivity index (χ4v) is 2.70. The zero-order valence-corrected chi connectivity index (χ0v) is 13.8. The Morgan fingerprint density at radius 3 is 2.29 bits per heavy atom. The van der Waals surface area contributed by atoms with E-state index in [1.54, 1.807) is 6.08 Å². The molecule has 0 aromatic heterocycles. The van der Waals surface area contributed by atoms with Crippen molar-refractivity contribution in [3.05, 3.63) is 48.0 Å². The highest BCUT2D eigenvalue weighted by atomic mass is 16.1.